The third-order valence-corrected chi connectivity index (χ3v) is 3.11. The van der Waals surface area contributed by atoms with E-state index in [1.807, 2.05) is 44.2 Å². The molecule has 4 nitrogen and oxygen atoms in total. The van der Waals surface area contributed by atoms with E-state index >= 15 is 0 Å². The lowest BCUT2D eigenvalue weighted by molar-refractivity contribution is -0.126. The molecule has 0 radical (unpaired) electrons. The molecule has 19 heavy (non-hydrogen) atoms. The van der Waals surface area contributed by atoms with Crippen LogP contribution in [0, 0.1) is 0 Å². The summed E-state index contributed by atoms with van der Waals surface area (Å²) in [4.78, 5) is 11.9. The van der Waals surface area contributed by atoms with Gasteiger partial charge in [-0.15, -0.1) is 0 Å². The number of methoxy groups -OCH3 is 1. The zero-order chi connectivity index (χ0) is 14.3. The van der Waals surface area contributed by atoms with Crippen LogP contribution >= 0.6 is 0 Å². The van der Waals surface area contributed by atoms with Crippen molar-refractivity contribution in [1.29, 1.82) is 0 Å². The number of nitrogens with two attached hydrogens (primary N) is 1. The molecule has 0 aromatic heterocycles. The summed E-state index contributed by atoms with van der Waals surface area (Å²) >= 11 is 0. The second kappa shape index (κ2) is 7.26. The summed E-state index contributed by atoms with van der Waals surface area (Å²) in [5, 5.41) is 2.96. The number of carbonyl (C=O) groups is 1. The van der Waals surface area contributed by atoms with Crippen molar-refractivity contribution in [1.82, 2.24) is 5.32 Å². The lowest BCUT2D eigenvalue weighted by Gasteiger charge is -2.24. The van der Waals surface area contributed by atoms with Crippen LogP contribution in [0.4, 0.5) is 0 Å². The first-order chi connectivity index (χ1) is 8.96. The van der Waals surface area contributed by atoms with Crippen molar-refractivity contribution in [3.63, 3.8) is 0 Å². The Morgan fingerprint density at radius 2 is 2.00 bits per heavy atom. The predicted molar refractivity (Wildman–Crippen MR) is 76.8 cm³/mol. The third-order valence-electron chi connectivity index (χ3n) is 3.11. The van der Waals surface area contributed by atoms with Gasteiger partial charge in [-0.25, -0.2) is 0 Å². The molecule has 1 atom stereocenters. The van der Waals surface area contributed by atoms with Gasteiger partial charge in [-0.05, 0) is 25.8 Å². The maximum absolute atomic E-state index is 11.9. The van der Waals surface area contributed by atoms with Crippen LogP contribution in [0.1, 0.15) is 25.8 Å². The monoisotopic (exact) mass is 264 g/mol. The van der Waals surface area contributed by atoms with Crippen LogP contribution in [-0.4, -0.2) is 31.2 Å². The van der Waals surface area contributed by atoms with Gasteiger partial charge in [0.15, 0.2) is 0 Å². The maximum atomic E-state index is 11.9. The van der Waals surface area contributed by atoms with Crippen LogP contribution in [0.2, 0.25) is 0 Å². The van der Waals surface area contributed by atoms with Crippen molar-refractivity contribution < 1.29 is 9.53 Å². The van der Waals surface area contributed by atoms with Crippen molar-refractivity contribution in [2.24, 2.45) is 5.73 Å². The Bertz CT molecular complexity index is 390. The largest absolute Gasteiger partial charge is 0.378 e. The zero-order valence-corrected chi connectivity index (χ0v) is 12.0. The molecule has 1 unspecified atom stereocenters. The molecule has 1 aromatic rings. The molecule has 106 valence electrons. The van der Waals surface area contributed by atoms with Crippen molar-refractivity contribution in [2.75, 3.05) is 13.7 Å². The van der Waals surface area contributed by atoms with Gasteiger partial charge in [-0.1, -0.05) is 30.3 Å². The summed E-state index contributed by atoms with van der Waals surface area (Å²) < 4.78 is 5.25. The Kier molecular flexibility index (Phi) is 5.99. The summed E-state index contributed by atoms with van der Waals surface area (Å²) in [6, 6.07) is 9.97. The number of benzene rings is 1. The number of carbonyl (C=O) groups excluding carboxylic acids is 1. The molecule has 1 aromatic carbocycles. The maximum Gasteiger partial charge on any atom is 0.223 e. The molecule has 0 aliphatic heterocycles. The zero-order valence-electron chi connectivity index (χ0n) is 12.0. The van der Waals surface area contributed by atoms with Crippen LogP contribution in [0.3, 0.4) is 0 Å². The highest BCUT2D eigenvalue weighted by atomic mass is 16.5. The quantitative estimate of drug-likeness (QED) is 0.784. The average molecular weight is 264 g/mol. The number of nitrogens with one attached hydrogen (secondary N) is 1. The van der Waals surface area contributed by atoms with E-state index in [1.165, 1.54) is 5.56 Å². The summed E-state index contributed by atoms with van der Waals surface area (Å²) in [6.45, 7) is 4.20. The van der Waals surface area contributed by atoms with Crippen LogP contribution in [0.15, 0.2) is 30.3 Å². The Balaban J connectivity index is 2.51. The Morgan fingerprint density at radius 3 is 2.53 bits per heavy atom. The molecule has 0 fully saturated rings. The summed E-state index contributed by atoms with van der Waals surface area (Å²) in [5.74, 6) is -0.0294. The van der Waals surface area contributed by atoms with E-state index in [0.29, 0.717) is 13.0 Å². The van der Waals surface area contributed by atoms with Crippen LogP contribution in [-0.2, 0) is 16.0 Å². The van der Waals surface area contributed by atoms with Gasteiger partial charge in [0.25, 0.3) is 0 Å². The van der Waals surface area contributed by atoms with Gasteiger partial charge in [0, 0.05) is 19.7 Å². The number of rotatable bonds is 7. The molecule has 0 aliphatic rings. The van der Waals surface area contributed by atoms with Gasteiger partial charge in [0.2, 0.25) is 5.91 Å². The molecule has 1 amide bonds. The highest BCUT2D eigenvalue weighted by Crippen LogP contribution is 2.12. The topological polar surface area (TPSA) is 64.3 Å². The molecule has 3 N–H and O–H groups in total. The molecule has 0 saturated carbocycles. The second-order valence-electron chi connectivity index (χ2n) is 5.33. The van der Waals surface area contributed by atoms with E-state index in [-0.39, 0.29) is 11.9 Å². The lowest BCUT2D eigenvalue weighted by atomic mass is 10.0. The smallest absolute Gasteiger partial charge is 0.223 e. The highest BCUT2D eigenvalue weighted by molar-refractivity contribution is 5.77. The SMILES string of the molecule is COC(C)(C)CC(=O)NC(CN)Cc1ccccc1. The van der Waals surface area contributed by atoms with Crippen molar-refractivity contribution in [3.8, 4) is 0 Å². The summed E-state index contributed by atoms with van der Waals surface area (Å²) in [6.07, 6.45) is 1.07. The second-order valence-corrected chi connectivity index (χ2v) is 5.33. The van der Waals surface area contributed by atoms with Crippen LogP contribution < -0.4 is 11.1 Å². The van der Waals surface area contributed by atoms with Gasteiger partial charge in [-0.2, -0.15) is 0 Å². The first-order valence-electron chi connectivity index (χ1n) is 6.55. The van der Waals surface area contributed by atoms with Gasteiger partial charge in [0.05, 0.1) is 12.0 Å². The van der Waals surface area contributed by atoms with E-state index in [4.69, 9.17) is 10.5 Å². The standard InChI is InChI=1S/C15H24N2O2/c1-15(2,19-3)10-14(18)17-13(11-16)9-12-7-5-4-6-8-12/h4-8,13H,9-11,16H2,1-3H3,(H,17,18). The summed E-state index contributed by atoms with van der Waals surface area (Å²) in [7, 11) is 1.61. The van der Waals surface area contributed by atoms with E-state index in [2.05, 4.69) is 5.32 Å². The fourth-order valence-corrected chi connectivity index (χ4v) is 1.83. The normalized spacial score (nSPS) is 13.1. The van der Waals surface area contributed by atoms with E-state index in [9.17, 15) is 4.79 Å². The first kappa shape index (κ1) is 15.7. The Morgan fingerprint density at radius 1 is 1.37 bits per heavy atom. The minimum Gasteiger partial charge on any atom is -0.378 e. The van der Waals surface area contributed by atoms with Crippen LogP contribution in [0.5, 0.6) is 0 Å². The van der Waals surface area contributed by atoms with Crippen molar-refractivity contribution in [3.05, 3.63) is 35.9 Å². The molecule has 0 aliphatic carbocycles. The number of hydrogen-bond donors (Lipinski definition) is 2. The molecular formula is C15H24N2O2. The molecule has 0 bridgehead atoms. The van der Waals surface area contributed by atoms with Crippen molar-refractivity contribution >= 4 is 5.91 Å². The summed E-state index contributed by atoms with van der Waals surface area (Å²) in [5.41, 5.74) is 6.44. The van der Waals surface area contributed by atoms with Gasteiger partial charge in [-0.3, -0.25) is 4.79 Å². The Hall–Kier alpha value is -1.39. The fourth-order valence-electron chi connectivity index (χ4n) is 1.83. The Labute approximate surface area is 115 Å². The van der Waals surface area contributed by atoms with Gasteiger partial charge < -0.3 is 15.8 Å². The fraction of sp³-hybridized carbons (Fsp3) is 0.533. The number of ether oxygens (including phenoxy) is 1. The molecule has 0 saturated heterocycles. The first-order valence-corrected chi connectivity index (χ1v) is 6.55. The van der Waals surface area contributed by atoms with Gasteiger partial charge in [0.1, 0.15) is 0 Å². The van der Waals surface area contributed by atoms with Gasteiger partial charge >= 0.3 is 0 Å². The number of hydrogen-bond acceptors (Lipinski definition) is 3. The minimum absolute atomic E-state index is 0.0294. The highest BCUT2D eigenvalue weighted by Gasteiger charge is 2.22. The molecular weight excluding hydrogens is 240 g/mol. The third kappa shape index (κ3) is 5.85. The molecule has 0 heterocycles. The average Bonchev–Trinajstić information content (AvgIpc) is 2.38. The van der Waals surface area contributed by atoms with E-state index in [1.54, 1.807) is 7.11 Å². The molecule has 1 rings (SSSR count). The molecule has 0 spiro atoms. The van der Waals surface area contributed by atoms with Crippen molar-refractivity contribution in [2.45, 2.75) is 38.3 Å². The molecule has 4 heteroatoms. The van der Waals surface area contributed by atoms with E-state index < -0.39 is 5.60 Å². The number of amides is 1. The lowest BCUT2D eigenvalue weighted by Crippen LogP contribution is -2.44. The minimum atomic E-state index is -0.448. The predicted octanol–water partition coefficient (Wildman–Crippen LogP) is 1.49. The van der Waals surface area contributed by atoms with Crippen LogP contribution in [0.25, 0.3) is 0 Å². The van der Waals surface area contributed by atoms with E-state index in [0.717, 1.165) is 6.42 Å².